The van der Waals surface area contributed by atoms with E-state index in [9.17, 15) is 20.2 Å². The zero-order valence-electron chi connectivity index (χ0n) is 6.32. The van der Waals surface area contributed by atoms with Gasteiger partial charge in [0.15, 0.2) is 0 Å². The van der Waals surface area contributed by atoms with Gasteiger partial charge in [0, 0.05) is 4.91 Å². The van der Waals surface area contributed by atoms with Crippen LogP contribution >= 0.6 is 0 Å². The van der Waals surface area contributed by atoms with Crippen LogP contribution < -0.4 is 0 Å². The van der Waals surface area contributed by atoms with E-state index in [1.165, 1.54) is 0 Å². The van der Waals surface area contributed by atoms with Gasteiger partial charge in [0.2, 0.25) is 5.69 Å². The first-order chi connectivity index (χ1) is 6.57. The van der Waals surface area contributed by atoms with E-state index in [1.807, 2.05) is 0 Å². The summed E-state index contributed by atoms with van der Waals surface area (Å²) in [5.41, 5.74) is 7.29. The van der Waals surface area contributed by atoms with Crippen LogP contribution in [0.5, 0.6) is 0 Å². The summed E-state index contributed by atoms with van der Waals surface area (Å²) in [7, 11) is 0. The number of rotatable bonds is 3. The van der Waals surface area contributed by atoms with Gasteiger partial charge >= 0.3 is 11.6 Å². The summed E-state index contributed by atoms with van der Waals surface area (Å²) in [6.07, 6.45) is 0. The highest BCUT2D eigenvalue weighted by Gasteiger charge is 2.30. The molecule has 14 heavy (non-hydrogen) atoms. The molecular formula is C3HN7O4. The van der Waals surface area contributed by atoms with Gasteiger partial charge in [-0.3, -0.25) is 0 Å². The lowest BCUT2D eigenvalue weighted by atomic mass is 10.5. The SMILES string of the molecule is [N-]=[N+]=Nc1c([N+](=O)[O-])n[nH]c1[N+](=O)[O-]. The van der Waals surface area contributed by atoms with Gasteiger partial charge < -0.3 is 20.2 Å². The smallest absolute Gasteiger partial charge is 0.358 e. The van der Waals surface area contributed by atoms with Crippen molar-refractivity contribution in [1.82, 2.24) is 10.2 Å². The van der Waals surface area contributed by atoms with Crippen molar-refractivity contribution in [3.05, 3.63) is 30.7 Å². The minimum Gasteiger partial charge on any atom is -0.358 e. The fraction of sp³-hybridized carbons (Fsp3) is 0. The largest absolute Gasteiger partial charge is 0.429 e. The summed E-state index contributed by atoms with van der Waals surface area (Å²) >= 11 is 0. The van der Waals surface area contributed by atoms with Crippen LogP contribution in [0, 0.1) is 20.2 Å². The van der Waals surface area contributed by atoms with E-state index >= 15 is 0 Å². The highest BCUT2D eigenvalue weighted by atomic mass is 16.6. The quantitative estimate of drug-likeness (QED) is 0.253. The molecule has 1 N–H and O–H groups in total. The monoisotopic (exact) mass is 199 g/mol. The molecule has 11 nitrogen and oxygen atoms in total. The van der Waals surface area contributed by atoms with Crippen molar-refractivity contribution >= 4 is 17.3 Å². The second-order valence-corrected chi connectivity index (χ2v) is 1.95. The lowest BCUT2D eigenvalue weighted by Gasteiger charge is -1.88. The second kappa shape index (κ2) is 3.37. The Bertz CT molecular complexity index is 410. The summed E-state index contributed by atoms with van der Waals surface area (Å²) < 4.78 is 0. The highest BCUT2D eigenvalue weighted by Crippen LogP contribution is 2.33. The van der Waals surface area contributed by atoms with Gasteiger partial charge in [-0.2, -0.15) is 0 Å². The third-order valence-electron chi connectivity index (χ3n) is 1.20. The molecule has 0 radical (unpaired) electrons. The maximum Gasteiger partial charge on any atom is 0.429 e. The molecule has 0 aliphatic carbocycles. The molecule has 1 aromatic rings. The van der Waals surface area contributed by atoms with Crippen LogP contribution in [-0.2, 0) is 0 Å². The topological polar surface area (TPSA) is 164 Å². The average molecular weight is 199 g/mol. The summed E-state index contributed by atoms with van der Waals surface area (Å²) in [4.78, 5) is 20.8. The molecule has 0 fully saturated rings. The maximum absolute atomic E-state index is 10.3. The molecule has 11 heteroatoms. The fourth-order valence-electron chi connectivity index (χ4n) is 0.709. The number of nitrogens with zero attached hydrogens (tertiary/aromatic N) is 6. The Kier molecular flexibility index (Phi) is 2.26. The zero-order chi connectivity index (χ0) is 10.7. The Morgan fingerprint density at radius 2 is 2.07 bits per heavy atom. The minimum atomic E-state index is -0.993. The van der Waals surface area contributed by atoms with Crippen molar-refractivity contribution < 1.29 is 9.85 Å². The zero-order valence-corrected chi connectivity index (χ0v) is 6.32. The summed E-state index contributed by atoms with van der Waals surface area (Å²) in [5.74, 6) is -1.69. The number of aromatic amines is 1. The van der Waals surface area contributed by atoms with Crippen LogP contribution in [0.3, 0.4) is 0 Å². The predicted octanol–water partition coefficient (Wildman–Crippen LogP) is 1.17. The van der Waals surface area contributed by atoms with Crippen molar-refractivity contribution in [2.24, 2.45) is 5.11 Å². The summed E-state index contributed by atoms with van der Waals surface area (Å²) in [6, 6.07) is 0. The number of H-pyrrole nitrogens is 1. The molecule has 1 heterocycles. The van der Waals surface area contributed by atoms with Crippen LogP contribution in [0.25, 0.3) is 10.4 Å². The predicted molar refractivity (Wildman–Crippen MR) is 40.7 cm³/mol. The van der Waals surface area contributed by atoms with E-state index in [-0.39, 0.29) is 0 Å². The second-order valence-electron chi connectivity index (χ2n) is 1.95. The molecule has 0 spiro atoms. The molecule has 0 bridgehead atoms. The van der Waals surface area contributed by atoms with Crippen LogP contribution in [0.4, 0.5) is 17.3 Å². The van der Waals surface area contributed by atoms with E-state index in [0.29, 0.717) is 0 Å². The molecular weight excluding hydrogens is 198 g/mol. The first kappa shape index (κ1) is 9.41. The van der Waals surface area contributed by atoms with Crippen LogP contribution in [0.1, 0.15) is 0 Å². The third-order valence-corrected chi connectivity index (χ3v) is 1.20. The maximum atomic E-state index is 10.3. The molecule has 0 saturated heterocycles. The number of hydrogen-bond donors (Lipinski definition) is 1. The van der Waals surface area contributed by atoms with Crippen molar-refractivity contribution in [3.8, 4) is 0 Å². The Morgan fingerprint density at radius 1 is 1.43 bits per heavy atom. The lowest BCUT2D eigenvalue weighted by molar-refractivity contribution is -0.392. The molecule has 0 amide bonds. The van der Waals surface area contributed by atoms with Gasteiger partial charge in [-0.1, -0.05) is 0 Å². The molecule has 1 rings (SSSR count). The highest BCUT2D eigenvalue weighted by molar-refractivity contribution is 5.63. The third kappa shape index (κ3) is 1.42. The number of nitrogens with one attached hydrogen (secondary N) is 1. The molecule has 0 atom stereocenters. The lowest BCUT2D eigenvalue weighted by Crippen LogP contribution is -1.88. The minimum absolute atomic E-state index is 0.734. The first-order valence-corrected chi connectivity index (χ1v) is 3.00. The number of aromatic nitrogens is 2. The molecule has 1 aromatic heterocycles. The van der Waals surface area contributed by atoms with Gasteiger partial charge in [0.05, 0.1) is 0 Å². The van der Waals surface area contributed by atoms with Gasteiger partial charge in [-0.15, -0.1) is 0 Å². The Morgan fingerprint density at radius 3 is 2.50 bits per heavy atom. The summed E-state index contributed by atoms with van der Waals surface area (Å²) in [6.45, 7) is 0. The van der Waals surface area contributed by atoms with Gasteiger partial charge in [0.25, 0.3) is 0 Å². The van der Waals surface area contributed by atoms with Crippen LogP contribution in [-0.4, -0.2) is 20.0 Å². The summed E-state index contributed by atoms with van der Waals surface area (Å²) in [5, 5.41) is 28.1. The standard InChI is InChI=1S/C3HN7O4/c4-8-5-1-2(9(11)12)6-7-3(1)10(13)14/h(H,6,7). The molecule has 0 aliphatic heterocycles. The van der Waals surface area contributed by atoms with E-state index in [4.69, 9.17) is 5.53 Å². The fourth-order valence-corrected chi connectivity index (χ4v) is 0.709. The van der Waals surface area contributed by atoms with E-state index in [2.05, 4.69) is 15.1 Å². The molecule has 72 valence electrons. The first-order valence-electron chi connectivity index (χ1n) is 3.00. The van der Waals surface area contributed by atoms with Crippen molar-refractivity contribution in [3.63, 3.8) is 0 Å². The Labute approximate surface area is 74.3 Å². The molecule has 0 aromatic carbocycles. The Hall–Kier alpha value is -2.68. The number of azide groups is 1. The van der Waals surface area contributed by atoms with Crippen molar-refractivity contribution in [1.29, 1.82) is 0 Å². The Balaban J connectivity index is 3.41. The van der Waals surface area contributed by atoms with E-state index in [1.54, 1.807) is 5.10 Å². The van der Waals surface area contributed by atoms with Crippen LogP contribution in [0.15, 0.2) is 5.11 Å². The van der Waals surface area contributed by atoms with E-state index in [0.717, 1.165) is 0 Å². The number of hydrogen-bond acceptors (Lipinski definition) is 6. The average Bonchev–Trinajstić information content (AvgIpc) is 2.48. The molecule has 0 saturated carbocycles. The van der Waals surface area contributed by atoms with E-state index < -0.39 is 27.2 Å². The van der Waals surface area contributed by atoms with Crippen LogP contribution in [0.2, 0.25) is 0 Å². The normalized spacial score (nSPS) is 9.14. The van der Waals surface area contributed by atoms with Crippen molar-refractivity contribution in [2.75, 3.05) is 0 Å². The van der Waals surface area contributed by atoms with Gasteiger partial charge in [0.1, 0.15) is 5.10 Å². The van der Waals surface area contributed by atoms with Crippen molar-refractivity contribution in [2.45, 2.75) is 0 Å². The molecule has 0 aliphatic rings. The number of nitro groups is 2. The van der Waals surface area contributed by atoms with Gasteiger partial charge in [-0.25, -0.2) is 0 Å². The van der Waals surface area contributed by atoms with Gasteiger partial charge in [-0.05, 0) is 25.6 Å². The molecule has 0 unspecified atom stereocenters.